The zero-order valence-corrected chi connectivity index (χ0v) is 15.7. The van der Waals surface area contributed by atoms with Crippen LogP contribution in [0.2, 0.25) is 0 Å². The van der Waals surface area contributed by atoms with E-state index in [9.17, 15) is 9.59 Å². The summed E-state index contributed by atoms with van der Waals surface area (Å²) in [6.07, 6.45) is 1.72. The number of halogens is 1. The number of carbonyl (C=O) groups excluding carboxylic acids is 1. The zero-order valence-electron chi connectivity index (χ0n) is 14.2. The molecule has 2 aromatic rings. The number of amides is 1. The van der Waals surface area contributed by atoms with E-state index in [1.807, 2.05) is 6.07 Å². The lowest BCUT2D eigenvalue weighted by atomic mass is 10.0. The standard InChI is InChI=1S/C19H16BrNO5/c1-25-16-6-3-11(8-17(16)26-2)7-14-13-9-12(20)4-5-15(13)21(19(14)24)10-18(22)23/h3-9H,10H2,1-2H3,(H,22,23). The maximum Gasteiger partial charge on any atom is 0.323 e. The molecule has 0 saturated heterocycles. The van der Waals surface area contributed by atoms with E-state index in [-0.39, 0.29) is 5.91 Å². The number of hydrogen-bond acceptors (Lipinski definition) is 4. The zero-order chi connectivity index (χ0) is 18.8. The number of carbonyl (C=O) groups is 2. The van der Waals surface area contributed by atoms with Gasteiger partial charge in [0.25, 0.3) is 5.91 Å². The minimum absolute atomic E-state index is 0.352. The SMILES string of the molecule is COc1ccc(C=C2C(=O)N(CC(=O)O)c3ccc(Br)cc32)cc1OC. The van der Waals surface area contributed by atoms with Crippen LogP contribution in [-0.2, 0) is 9.59 Å². The average Bonchev–Trinajstić information content (AvgIpc) is 2.86. The molecule has 0 unspecified atom stereocenters. The summed E-state index contributed by atoms with van der Waals surface area (Å²) in [6.45, 7) is -0.392. The van der Waals surface area contributed by atoms with Gasteiger partial charge in [0.1, 0.15) is 6.54 Å². The fourth-order valence-electron chi connectivity index (χ4n) is 2.87. The van der Waals surface area contributed by atoms with Gasteiger partial charge in [0.2, 0.25) is 0 Å². The van der Waals surface area contributed by atoms with Crippen molar-refractivity contribution in [3.05, 3.63) is 52.0 Å². The summed E-state index contributed by atoms with van der Waals surface area (Å²) < 4.78 is 11.3. The molecule has 0 aliphatic carbocycles. The Bertz CT molecular complexity index is 922. The maximum atomic E-state index is 12.8. The normalized spacial score (nSPS) is 14.5. The van der Waals surface area contributed by atoms with Crippen LogP contribution in [0.15, 0.2) is 40.9 Å². The molecule has 0 radical (unpaired) electrons. The van der Waals surface area contributed by atoms with Crippen molar-refractivity contribution in [3.8, 4) is 11.5 Å². The van der Waals surface area contributed by atoms with Crippen LogP contribution in [0.25, 0.3) is 11.6 Å². The fourth-order valence-corrected chi connectivity index (χ4v) is 3.23. The van der Waals surface area contributed by atoms with E-state index in [4.69, 9.17) is 14.6 Å². The van der Waals surface area contributed by atoms with Crippen LogP contribution in [0.4, 0.5) is 5.69 Å². The van der Waals surface area contributed by atoms with E-state index in [1.165, 1.54) is 12.0 Å². The molecule has 1 heterocycles. The Kier molecular flexibility index (Phi) is 4.99. The van der Waals surface area contributed by atoms with Crippen molar-refractivity contribution in [1.29, 1.82) is 0 Å². The number of ether oxygens (including phenoxy) is 2. The second kappa shape index (κ2) is 7.21. The first-order chi connectivity index (χ1) is 12.4. The van der Waals surface area contributed by atoms with Crippen LogP contribution >= 0.6 is 15.9 Å². The first-order valence-electron chi connectivity index (χ1n) is 7.72. The molecule has 2 aromatic carbocycles. The number of anilines is 1. The van der Waals surface area contributed by atoms with Gasteiger partial charge >= 0.3 is 5.97 Å². The maximum absolute atomic E-state index is 12.8. The molecule has 1 amide bonds. The van der Waals surface area contributed by atoms with Crippen LogP contribution in [-0.4, -0.2) is 37.7 Å². The molecule has 0 fully saturated rings. The van der Waals surface area contributed by atoms with Crippen LogP contribution in [0.1, 0.15) is 11.1 Å². The van der Waals surface area contributed by atoms with Gasteiger partial charge in [-0.1, -0.05) is 22.0 Å². The Morgan fingerprint density at radius 1 is 1.15 bits per heavy atom. The third-order valence-electron chi connectivity index (χ3n) is 4.03. The van der Waals surface area contributed by atoms with Gasteiger partial charge in [-0.15, -0.1) is 0 Å². The summed E-state index contributed by atoms with van der Waals surface area (Å²) >= 11 is 3.40. The van der Waals surface area contributed by atoms with Gasteiger partial charge in [-0.3, -0.25) is 14.5 Å². The second-order valence-corrected chi connectivity index (χ2v) is 6.53. The number of fused-ring (bicyclic) bond motifs is 1. The predicted octanol–water partition coefficient (Wildman–Crippen LogP) is 3.44. The quantitative estimate of drug-likeness (QED) is 0.753. The van der Waals surface area contributed by atoms with Crippen molar-refractivity contribution in [2.45, 2.75) is 0 Å². The van der Waals surface area contributed by atoms with Gasteiger partial charge in [-0.25, -0.2) is 0 Å². The Balaban J connectivity index is 2.10. The largest absolute Gasteiger partial charge is 0.493 e. The summed E-state index contributed by atoms with van der Waals surface area (Å²) in [7, 11) is 3.09. The summed E-state index contributed by atoms with van der Waals surface area (Å²) in [5.74, 6) is -0.290. The van der Waals surface area contributed by atoms with Crippen LogP contribution in [0.3, 0.4) is 0 Å². The molecular formula is C19H16BrNO5. The molecule has 26 heavy (non-hydrogen) atoms. The van der Waals surface area contributed by atoms with E-state index >= 15 is 0 Å². The first kappa shape index (κ1) is 18.0. The lowest BCUT2D eigenvalue weighted by Gasteiger charge is -2.13. The molecular weight excluding hydrogens is 402 g/mol. The van der Waals surface area contributed by atoms with Crippen molar-refractivity contribution in [1.82, 2.24) is 0 Å². The van der Waals surface area contributed by atoms with Gasteiger partial charge in [-0.2, -0.15) is 0 Å². The fraction of sp³-hybridized carbons (Fsp3) is 0.158. The summed E-state index contributed by atoms with van der Waals surface area (Å²) in [4.78, 5) is 25.2. The molecule has 0 aromatic heterocycles. The molecule has 0 spiro atoms. The van der Waals surface area contributed by atoms with Gasteiger partial charge in [0.15, 0.2) is 11.5 Å². The Morgan fingerprint density at radius 2 is 1.88 bits per heavy atom. The molecule has 0 atom stereocenters. The van der Waals surface area contributed by atoms with Gasteiger partial charge in [-0.05, 0) is 42.0 Å². The number of carboxylic acids is 1. The monoisotopic (exact) mass is 417 g/mol. The third kappa shape index (κ3) is 3.30. The van der Waals surface area contributed by atoms with E-state index < -0.39 is 12.5 Å². The minimum atomic E-state index is -1.07. The summed E-state index contributed by atoms with van der Waals surface area (Å²) in [5.41, 5.74) is 2.43. The highest BCUT2D eigenvalue weighted by molar-refractivity contribution is 9.10. The average molecular weight is 418 g/mol. The van der Waals surface area contributed by atoms with E-state index in [0.29, 0.717) is 28.3 Å². The molecule has 3 rings (SSSR count). The van der Waals surface area contributed by atoms with Gasteiger partial charge < -0.3 is 14.6 Å². The van der Waals surface area contributed by atoms with Crippen LogP contribution < -0.4 is 14.4 Å². The van der Waals surface area contributed by atoms with Crippen molar-refractivity contribution >= 4 is 45.1 Å². The number of aliphatic carboxylic acids is 1. The van der Waals surface area contributed by atoms with Crippen molar-refractivity contribution in [2.75, 3.05) is 25.7 Å². The molecule has 1 aliphatic heterocycles. The topological polar surface area (TPSA) is 76.1 Å². The summed E-state index contributed by atoms with van der Waals surface area (Å²) in [6, 6.07) is 10.6. The van der Waals surface area contributed by atoms with E-state index in [0.717, 1.165) is 10.0 Å². The number of carboxylic acid groups (broad SMARTS) is 1. The number of benzene rings is 2. The molecule has 134 valence electrons. The first-order valence-corrected chi connectivity index (χ1v) is 8.51. The van der Waals surface area contributed by atoms with Crippen molar-refractivity contribution in [2.24, 2.45) is 0 Å². The van der Waals surface area contributed by atoms with Crippen LogP contribution in [0, 0.1) is 0 Å². The number of hydrogen-bond donors (Lipinski definition) is 1. The summed E-state index contributed by atoms with van der Waals surface area (Å²) in [5, 5.41) is 9.12. The molecule has 1 N–H and O–H groups in total. The predicted molar refractivity (Wildman–Crippen MR) is 102 cm³/mol. The third-order valence-corrected chi connectivity index (χ3v) is 4.52. The highest BCUT2D eigenvalue weighted by Gasteiger charge is 2.33. The van der Waals surface area contributed by atoms with Crippen molar-refractivity contribution in [3.63, 3.8) is 0 Å². The highest BCUT2D eigenvalue weighted by Crippen LogP contribution is 2.40. The second-order valence-electron chi connectivity index (χ2n) is 5.62. The van der Waals surface area contributed by atoms with Crippen LogP contribution in [0.5, 0.6) is 11.5 Å². The molecule has 1 aliphatic rings. The minimum Gasteiger partial charge on any atom is -0.493 e. The molecule has 6 nitrogen and oxygen atoms in total. The molecule has 7 heteroatoms. The Hall–Kier alpha value is -2.80. The smallest absolute Gasteiger partial charge is 0.323 e. The number of nitrogens with zero attached hydrogens (tertiary/aromatic N) is 1. The Labute approximate surface area is 158 Å². The van der Waals surface area contributed by atoms with Gasteiger partial charge in [0.05, 0.1) is 19.9 Å². The highest BCUT2D eigenvalue weighted by atomic mass is 79.9. The molecule has 0 saturated carbocycles. The van der Waals surface area contributed by atoms with E-state index in [2.05, 4.69) is 15.9 Å². The number of methoxy groups -OCH3 is 2. The Morgan fingerprint density at radius 3 is 2.54 bits per heavy atom. The lowest BCUT2D eigenvalue weighted by molar-refractivity contribution is -0.136. The van der Waals surface area contributed by atoms with E-state index in [1.54, 1.807) is 43.5 Å². The van der Waals surface area contributed by atoms with Gasteiger partial charge in [0, 0.05) is 15.6 Å². The number of rotatable bonds is 5. The molecule has 0 bridgehead atoms. The lowest BCUT2D eigenvalue weighted by Crippen LogP contribution is -2.32. The van der Waals surface area contributed by atoms with Crippen molar-refractivity contribution < 1.29 is 24.2 Å².